The summed E-state index contributed by atoms with van der Waals surface area (Å²) in [4.78, 5) is 12.3. The van der Waals surface area contributed by atoms with Crippen molar-refractivity contribution in [3.63, 3.8) is 0 Å². The maximum Gasteiger partial charge on any atom is 0.322 e. The average molecular weight is 232 g/mol. The number of aryl methyl sites for hydroxylation is 1. The van der Waals surface area contributed by atoms with Crippen LogP contribution < -0.4 is 0 Å². The third kappa shape index (κ3) is 3.93. The standard InChI is InChI=1S/C10H14ClNO3/c1-7-3-4-8(15-7)5-12(2)6-9(11)10(13)14/h3-4,9H,5-6H2,1-2H3,(H,13,14). The molecular weight excluding hydrogens is 218 g/mol. The molecule has 1 N–H and O–H groups in total. The van der Waals surface area contributed by atoms with E-state index in [0.717, 1.165) is 11.5 Å². The van der Waals surface area contributed by atoms with Crippen LogP contribution in [0.1, 0.15) is 11.5 Å². The molecule has 0 aromatic carbocycles. The van der Waals surface area contributed by atoms with E-state index in [1.165, 1.54) is 0 Å². The lowest BCUT2D eigenvalue weighted by atomic mass is 10.3. The highest BCUT2D eigenvalue weighted by molar-refractivity contribution is 6.29. The number of rotatable bonds is 5. The molecule has 0 saturated carbocycles. The summed E-state index contributed by atoms with van der Waals surface area (Å²) in [5.74, 6) is 0.655. The molecule has 1 rings (SSSR count). The first-order chi connectivity index (χ1) is 6.99. The lowest BCUT2D eigenvalue weighted by Gasteiger charge is -2.16. The zero-order valence-corrected chi connectivity index (χ0v) is 9.49. The number of carboxylic acid groups (broad SMARTS) is 1. The van der Waals surface area contributed by atoms with Crippen LogP contribution in [-0.2, 0) is 11.3 Å². The molecule has 1 aromatic rings. The lowest BCUT2D eigenvalue weighted by molar-refractivity contribution is -0.136. The second kappa shape index (κ2) is 5.19. The first kappa shape index (κ1) is 12.1. The molecule has 1 aromatic heterocycles. The van der Waals surface area contributed by atoms with Crippen LogP contribution >= 0.6 is 11.6 Å². The summed E-state index contributed by atoms with van der Waals surface area (Å²) in [5.41, 5.74) is 0. The number of hydrogen-bond donors (Lipinski definition) is 1. The predicted molar refractivity (Wildman–Crippen MR) is 57.1 cm³/mol. The van der Waals surface area contributed by atoms with Crippen molar-refractivity contribution >= 4 is 17.6 Å². The molecule has 1 unspecified atom stereocenters. The van der Waals surface area contributed by atoms with Gasteiger partial charge < -0.3 is 9.52 Å². The first-order valence-electron chi connectivity index (χ1n) is 4.60. The van der Waals surface area contributed by atoms with Crippen molar-refractivity contribution in [1.29, 1.82) is 0 Å². The Balaban J connectivity index is 2.42. The van der Waals surface area contributed by atoms with E-state index in [2.05, 4.69) is 0 Å². The zero-order valence-electron chi connectivity index (χ0n) is 8.74. The van der Waals surface area contributed by atoms with Gasteiger partial charge in [-0.25, -0.2) is 0 Å². The van der Waals surface area contributed by atoms with Crippen molar-refractivity contribution < 1.29 is 14.3 Å². The van der Waals surface area contributed by atoms with Crippen molar-refractivity contribution in [3.8, 4) is 0 Å². The van der Waals surface area contributed by atoms with Crippen molar-refractivity contribution in [3.05, 3.63) is 23.7 Å². The predicted octanol–water partition coefficient (Wildman–Crippen LogP) is 1.71. The molecule has 0 aliphatic rings. The molecule has 1 heterocycles. The minimum absolute atomic E-state index is 0.288. The fourth-order valence-electron chi connectivity index (χ4n) is 1.25. The number of carbonyl (C=O) groups is 1. The molecule has 0 spiro atoms. The van der Waals surface area contributed by atoms with Crippen molar-refractivity contribution in [1.82, 2.24) is 4.90 Å². The fourth-order valence-corrected chi connectivity index (χ4v) is 1.49. The molecule has 84 valence electrons. The Morgan fingerprint density at radius 2 is 2.33 bits per heavy atom. The highest BCUT2D eigenvalue weighted by atomic mass is 35.5. The summed E-state index contributed by atoms with van der Waals surface area (Å²) in [6.07, 6.45) is 0. The van der Waals surface area contributed by atoms with Gasteiger partial charge in [0.2, 0.25) is 0 Å². The Labute approximate surface area is 93.4 Å². The van der Waals surface area contributed by atoms with Gasteiger partial charge in [0.25, 0.3) is 0 Å². The molecule has 15 heavy (non-hydrogen) atoms. The Morgan fingerprint density at radius 1 is 1.67 bits per heavy atom. The number of aliphatic carboxylic acids is 1. The van der Waals surface area contributed by atoms with Crippen molar-refractivity contribution in [2.75, 3.05) is 13.6 Å². The van der Waals surface area contributed by atoms with E-state index in [1.807, 2.05) is 24.0 Å². The van der Waals surface area contributed by atoms with Crippen LogP contribution in [-0.4, -0.2) is 34.9 Å². The molecule has 1 atom stereocenters. The maximum atomic E-state index is 10.5. The number of nitrogens with zero attached hydrogens (tertiary/aromatic N) is 1. The van der Waals surface area contributed by atoms with Gasteiger partial charge in [-0.05, 0) is 26.1 Å². The topological polar surface area (TPSA) is 53.7 Å². The molecule has 0 bridgehead atoms. The molecule has 0 fully saturated rings. The van der Waals surface area contributed by atoms with Crippen LogP contribution in [0.2, 0.25) is 0 Å². The van der Waals surface area contributed by atoms with Gasteiger partial charge in [0.15, 0.2) is 0 Å². The Hall–Kier alpha value is -1.00. The van der Waals surface area contributed by atoms with E-state index in [4.69, 9.17) is 21.1 Å². The summed E-state index contributed by atoms with van der Waals surface area (Å²) in [6, 6.07) is 3.74. The van der Waals surface area contributed by atoms with E-state index >= 15 is 0 Å². The third-order valence-electron chi connectivity index (χ3n) is 1.96. The van der Waals surface area contributed by atoms with Crippen LogP contribution in [0, 0.1) is 6.92 Å². The van der Waals surface area contributed by atoms with Gasteiger partial charge in [0.1, 0.15) is 16.9 Å². The van der Waals surface area contributed by atoms with Gasteiger partial charge >= 0.3 is 5.97 Å². The molecule has 0 radical (unpaired) electrons. The Bertz CT molecular complexity index is 337. The fraction of sp³-hybridized carbons (Fsp3) is 0.500. The van der Waals surface area contributed by atoms with Crippen LogP contribution in [0.5, 0.6) is 0 Å². The number of halogens is 1. The van der Waals surface area contributed by atoms with Gasteiger partial charge in [-0.15, -0.1) is 11.6 Å². The zero-order chi connectivity index (χ0) is 11.4. The number of alkyl halides is 1. The highest BCUT2D eigenvalue weighted by Gasteiger charge is 2.16. The molecule has 4 nitrogen and oxygen atoms in total. The molecule has 0 aliphatic carbocycles. The van der Waals surface area contributed by atoms with Gasteiger partial charge in [-0.3, -0.25) is 9.69 Å². The number of hydrogen-bond acceptors (Lipinski definition) is 3. The molecule has 0 amide bonds. The van der Waals surface area contributed by atoms with E-state index in [0.29, 0.717) is 6.54 Å². The summed E-state index contributed by atoms with van der Waals surface area (Å²) in [6.45, 7) is 2.71. The number of carboxylic acids is 1. The van der Waals surface area contributed by atoms with Gasteiger partial charge in [0, 0.05) is 6.54 Å². The van der Waals surface area contributed by atoms with Crippen LogP contribution in [0.15, 0.2) is 16.5 Å². The lowest BCUT2D eigenvalue weighted by Crippen LogP contribution is -2.30. The highest BCUT2D eigenvalue weighted by Crippen LogP contribution is 2.09. The van der Waals surface area contributed by atoms with Gasteiger partial charge in [0.05, 0.1) is 6.54 Å². The third-order valence-corrected chi connectivity index (χ3v) is 2.29. The molecular formula is C10H14ClNO3. The monoisotopic (exact) mass is 231 g/mol. The molecule has 0 aliphatic heterocycles. The first-order valence-corrected chi connectivity index (χ1v) is 5.03. The molecule has 5 heteroatoms. The number of furan rings is 1. The van der Waals surface area contributed by atoms with Crippen LogP contribution in [0.3, 0.4) is 0 Å². The van der Waals surface area contributed by atoms with Crippen molar-refractivity contribution in [2.24, 2.45) is 0 Å². The normalized spacial score (nSPS) is 13.1. The summed E-state index contributed by atoms with van der Waals surface area (Å²) < 4.78 is 5.36. The average Bonchev–Trinajstić information content (AvgIpc) is 2.50. The van der Waals surface area contributed by atoms with E-state index in [9.17, 15) is 4.79 Å². The largest absolute Gasteiger partial charge is 0.480 e. The minimum Gasteiger partial charge on any atom is -0.480 e. The van der Waals surface area contributed by atoms with Crippen LogP contribution in [0.25, 0.3) is 0 Å². The summed E-state index contributed by atoms with van der Waals surface area (Å²) >= 11 is 5.61. The quantitative estimate of drug-likeness (QED) is 0.784. The minimum atomic E-state index is -1.00. The van der Waals surface area contributed by atoms with E-state index in [-0.39, 0.29) is 6.54 Å². The van der Waals surface area contributed by atoms with Crippen LogP contribution in [0.4, 0.5) is 0 Å². The van der Waals surface area contributed by atoms with Crippen molar-refractivity contribution in [2.45, 2.75) is 18.8 Å². The smallest absolute Gasteiger partial charge is 0.322 e. The Morgan fingerprint density at radius 3 is 2.80 bits per heavy atom. The van der Waals surface area contributed by atoms with E-state index in [1.54, 1.807) is 7.05 Å². The summed E-state index contributed by atoms with van der Waals surface area (Å²) in [5, 5.41) is 7.74. The maximum absolute atomic E-state index is 10.5. The van der Waals surface area contributed by atoms with Gasteiger partial charge in [-0.1, -0.05) is 0 Å². The Kier molecular flexibility index (Phi) is 4.17. The van der Waals surface area contributed by atoms with Gasteiger partial charge in [-0.2, -0.15) is 0 Å². The second-order valence-corrected chi connectivity index (χ2v) is 4.04. The molecule has 0 saturated heterocycles. The second-order valence-electron chi connectivity index (χ2n) is 3.51. The SMILES string of the molecule is Cc1ccc(CN(C)CC(Cl)C(=O)O)o1. The summed E-state index contributed by atoms with van der Waals surface area (Å²) in [7, 11) is 1.80. The van der Waals surface area contributed by atoms with E-state index < -0.39 is 11.3 Å².